The van der Waals surface area contributed by atoms with E-state index < -0.39 is 0 Å². The molecule has 0 bridgehead atoms. The van der Waals surface area contributed by atoms with E-state index in [2.05, 4.69) is 33.2 Å². The van der Waals surface area contributed by atoms with Crippen molar-refractivity contribution in [2.24, 2.45) is 0 Å². The molecule has 3 nitrogen and oxygen atoms in total. The Morgan fingerprint density at radius 3 is 2.86 bits per heavy atom. The van der Waals surface area contributed by atoms with Crippen molar-refractivity contribution in [2.45, 2.75) is 26.8 Å². The molecule has 0 amide bonds. The molecule has 5 heteroatoms. The van der Waals surface area contributed by atoms with Gasteiger partial charge in [-0.25, -0.2) is 4.39 Å². The highest BCUT2D eigenvalue weighted by atomic mass is 79.9. The quantitative estimate of drug-likeness (QED) is 0.772. The number of nitrogens with one attached hydrogen (secondary N) is 1. The fourth-order valence-corrected chi connectivity index (χ4v) is 2.20. The van der Waals surface area contributed by atoms with Crippen molar-refractivity contribution in [3.8, 4) is 11.5 Å². The topological polar surface area (TPSA) is 34.2 Å². The van der Waals surface area contributed by atoms with E-state index in [1.807, 2.05) is 13.0 Å². The molecule has 112 valence electrons. The van der Waals surface area contributed by atoms with Gasteiger partial charge in [0.15, 0.2) is 11.6 Å². The third kappa shape index (κ3) is 4.51. The SMILES string of the molecule is CCCNCc1cnc(C)cc1Oc1cc(Br)ccc1F. The summed E-state index contributed by atoms with van der Waals surface area (Å²) in [6.07, 6.45) is 2.82. The Balaban J connectivity index is 2.25. The van der Waals surface area contributed by atoms with Crippen LogP contribution in [0, 0.1) is 12.7 Å². The van der Waals surface area contributed by atoms with Gasteiger partial charge in [0, 0.05) is 34.5 Å². The number of nitrogens with zero attached hydrogens (tertiary/aromatic N) is 1. The van der Waals surface area contributed by atoms with E-state index in [0.717, 1.165) is 28.7 Å². The Bertz CT molecular complexity index is 619. The van der Waals surface area contributed by atoms with Crippen LogP contribution in [0.25, 0.3) is 0 Å². The van der Waals surface area contributed by atoms with Crippen molar-refractivity contribution in [2.75, 3.05) is 6.54 Å². The van der Waals surface area contributed by atoms with E-state index in [1.165, 1.54) is 6.07 Å². The van der Waals surface area contributed by atoms with E-state index in [-0.39, 0.29) is 11.6 Å². The van der Waals surface area contributed by atoms with Crippen molar-refractivity contribution in [1.82, 2.24) is 10.3 Å². The molecule has 0 spiro atoms. The summed E-state index contributed by atoms with van der Waals surface area (Å²) in [5.74, 6) is 0.440. The van der Waals surface area contributed by atoms with Crippen LogP contribution in [-0.4, -0.2) is 11.5 Å². The first-order valence-electron chi connectivity index (χ1n) is 6.89. The molecule has 0 aliphatic carbocycles. The van der Waals surface area contributed by atoms with E-state index in [4.69, 9.17) is 4.74 Å². The van der Waals surface area contributed by atoms with Gasteiger partial charge in [-0.15, -0.1) is 0 Å². The first kappa shape index (κ1) is 15.9. The van der Waals surface area contributed by atoms with Gasteiger partial charge < -0.3 is 10.1 Å². The fourth-order valence-electron chi connectivity index (χ4n) is 1.86. The summed E-state index contributed by atoms with van der Waals surface area (Å²) in [4.78, 5) is 4.28. The Hall–Kier alpha value is -1.46. The number of hydrogen-bond acceptors (Lipinski definition) is 3. The molecule has 0 saturated heterocycles. The lowest BCUT2D eigenvalue weighted by molar-refractivity contribution is 0.434. The number of halogens is 2. The van der Waals surface area contributed by atoms with Gasteiger partial charge in [-0.3, -0.25) is 4.98 Å². The molecule has 1 N–H and O–H groups in total. The fraction of sp³-hybridized carbons (Fsp3) is 0.312. The molecule has 1 aromatic carbocycles. The molecule has 2 rings (SSSR count). The summed E-state index contributed by atoms with van der Waals surface area (Å²) in [6, 6.07) is 6.46. The maximum Gasteiger partial charge on any atom is 0.165 e. The van der Waals surface area contributed by atoms with Crippen molar-refractivity contribution in [3.63, 3.8) is 0 Å². The summed E-state index contributed by atoms with van der Waals surface area (Å²) < 4.78 is 20.3. The molecule has 0 radical (unpaired) electrons. The number of benzene rings is 1. The van der Waals surface area contributed by atoms with Crippen molar-refractivity contribution in [1.29, 1.82) is 0 Å². The standard InChI is InChI=1S/C16H18BrFN2O/c1-3-6-19-9-12-10-20-11(2)7-15(12)21-16-8-13(17)4-5-14(16)18/h4-5,7-8,10,19H,3,6,9H2,1-2H3. The number of aryl methyl sites for hydroxylation is 1. The van der Waals surface area contributed by atoms with Crippen molar-refractivity contribution < 1.29 is 9.13 Å². The average molecular weight is 353 g/mol. The first-order chi connectivity index (χ1) is 10.1. The van der Waals surface area contributed by atoms with Gasteiger partial charge in [0.05, 0.1) is 0 Å². The second-order valence-electron chi connectivity index (χ2n) is 4.79. The largest absolute Gasteiger partial charge is 0.454 e. The zero-order chi connectivity index (χ0) is 15.2. The average Bonchev–Trinajstić information content (AvgIpc) is 2.45. The van der Waals surface area contributed by atoms with E-state index in [9.17, 15) is 4.39 Å². The number of rotatable bonds is 6. The monoisotopic (exact) mass is 352 g/mol. The molecule has 1 heterocycles. The number of pyridine rings is 1. The highest BCUT2D eigenvalue weighted by Gasteiger charge is 2.10. The Kier molecular flexibility index (Phi) is 5.70. The summed E-state index contributed by atoms with van der Waals surface area (Å²) in [7, 11) is 0. The predicted molar refractivity (Wildman–Crippen MR) is 85.1 cm³/mol. The summed E-state index contributed by atoms with van der Waals surface area (Å²) in [6.45, 7) is 5.55. The van der Waals surface area contributed by atoms with Crippen LogP contribution in [0.3, 0.4) is 0 Å². The predicted octanol–water partition coefficient (Wildman–Crippen LogP) is 4.58. The minimum atomic E-state index is -0.389. The molecule has 1 aromatic heterocycles. The molecule has 2 aromatic rings. The van der Waals surface area contributed by atoms with Gasteiger partial charge in [-0.05, 0) is 38.1 Å². The lowest BCUT2D eigenvalue weighted by atomic mass is 10.2. The minimum Gasteiger partial charge on any atom is -0.454 e. The second kappa shape index (κ2) is 7.52. The van der Waals surface area contributed by atoms with Crippen LogP contribution in [0.4, 0.5) is 4.39 Å². The van der Waals surface area contributed by atoms with Crippen LogP contribution in [0.1, 0.15) is 24.6 Å². The van der Waals surface area contributed by atoms with Gasteiger partial charge in [0.2, 0.25) is 0 Å². The maximum absolute atomic E-state index is 13.8. The minimum absolute atomic E-state index is 0.201. The smallest absolute Gasteiger partial charge is 0.165 e. The Morgan fingerprint density at radius 2 is 2.10 bits per heavy atom. The zero-order valence-electron chi connectivity index (χ0n) is 12.1. The lowest BCUT2D eigenvalue weighted by Gasteiger charge is -2.13. The molecule has 0 atom stereocenters. The highest BCUT2D eigenvalue weighted by Crippen LogP contribution is 2.30. The summed E-state index contributed by atoms with van der Waals surface area (Å²) >= 11 is 3.32. The van der Waals surface area contributed by atoms with Gasteiger partial charge in [0.1, 0.15) is 5.75 Å². The van der Waals surface area contributed by atoms with Crippen LogP contribution < -0.4 is 10.1 Å². The van der Waals surface area contributed by atoms with Crippen molar-refractivity contribution in [3.05, 3.63) is 52.0 Å². The van der Waals surface area contributed by atoms with E-state index in [1.54, 1.807) is 18.3 Å². The summed E-state index contributed by atoms with van der Waals surface area (Å²) in [5.41, 5.74) is 1.74. The van der Waals surface area contributed by atoms with Gasteiger partial charge in [-0.2, -0.15) is 0 Å². The Labute approximate surface area is 132 Å². The molecule has 0 aliphatic heterocycles. The molecular weight excluding hydrogens is 335 g/mol. The van der Waals surface area contributed by atoms with Gasteiger partial charge >= 0.3 is 0 Å². The van der Waals surface area contributed by atoms with Gasteiger partial charge in [0.25, 0.3) is 0 Å². The van der Waals surface area contributed by atoms with E-state index >= 15 is 0 Å². The second-order valence-corrected chi connectivity index (χ2v) is 5.70. The molecule has 0 aliphatic rings. The van der Waals surface area contributed by atoms with Crippen LogP contribution >= 0.6 is 15.9 Å². The maximum atomic E-state index is 13.8. The van der Waals surface area contributed by atoms with Crippen LogP contribution in [0.15, 0.2) is 34.9 Å². The molecule has 0 unspecified atom stereocenters. The highest BCUT2D eigenvalue weighted by molar-refractivity contribution is 9.10. The first-order valence-corrected chi connectivity index (χ1v) is 7.68. The molecule has 0 fully saturated rings. The van der Waals surface area contributed by atoms with Crippen LogP contribution in [0.5, 0.6) is 11.5 Å². The lowest BCUT2D eigenvalue weighted by Crippen LogP contribution is -2.14. The normalized spacial score (nSPS) is 10.7. The zero-order valence-corrected chi connectivity index (χ0v) is 13.7. The summed E-state index contributed by atoms with van der Waals surface area (Å²) in [5, 5.41) is 3.30. The number of aromatic nitrogens is 1. The molecule has 0 saturated carbocycles. The molecule has 21 heavy (non-hydrogen) atoms. The van der Waals surface area contributed by atoms with Crippen LogP contribution in [-0.2, 0) is 6.54 Å². The third-order valence-electron chi connectivity index (χ3n) is 2.94. The third-order valence-corrected chi connectivity index (χ3v) is 3.43. The van der Waals surface area contributed by atoms with Crippen molar-refractivity contribution >= 4 is 15.9 Å². The number of ether oxygens (including phenoxy) is 1. The van der Waals surface area contributed by atoms with Crippen LogP contribution in [0.2, 0.25) is 0 Å². The molecular formula is C16H18BrFN2O. The Morgan fingerprint density at radius 1 is 1.29 bits per heavy atom. The number of hydrogen-bond donors (Lipinski definition) is 1. The van der Waals surface area contributed by atoms with Gasteiger partial charge in [-0.1, -0.05) is 22.9 Å². The van der Waals surface area contributed by atoms with E-state index in [0.29, 0.717) is 12.3 Å².